The molecule has 0 bridgehead atoms. The van der Waals surface area contributed by atoms with Crippen LogP contribution in [0.5, 0.6) is 0 Å². The fourth-order valence-corrected chi connectivity index (χ4v) is 2.27. The van der Waals surface area contributed by atoms with E-state index in [-0.39, 0.29) is 16.2 Å². The second-order valence-electron chi connectivity index (χ2n) is 4.62. The van der Waals surface area contributed by atoms with Crippen molar-refractivity contribution in [3.05, 3.63) is 74.2 Å². The lowest BCUT2D eigenvalue weighted by Crippen LogP contribution is -2.22. The maximum Gasteiger partial charge on any atom is 0.438 e. The highest BCUT2D eigenvalue weighted by Gasteiger charge is 2.24. The fraction of sp³-hybridized carbons (Fsp3) is 0. The van der Waals surface area contributed by atoms with E-state index < -0.39 is 10.7 Å². The van der Waals surface area contributed by atoms with Crippen molar-refractivity contribution in [3.63, 3.8) is 0 Å². The summed E-state index contributed by atoms with van der Waals surface area (Å²) < 4.78 is 0. The monoisotopic (exact) mass is 365 g/mol. The molecule has 0 radical (unpaired) electrons. The summed E-state index contributed by atoms with van der Waals surface area (Å²) in [6, 6.07) is 12.7. The van der Waals surface area contributed by atoms with Gasteiger partial charge in [0.1, 0.15) is 5.69 Å². The molecule has 0 fully saturated rings. The van der Waals surface area contributed by atoms with Gasteiger partial charge in [0.25, 0.3) is 5.49 Å². The highest BCUT2D eigenvalue weighted by molar-refractivity contribution is 6.32. The summed E-state index contributed by atoms with van der Waals surface area (Å²) in [6.07, 6.45) is 0. The van der Waals surface area contributed by atoms with Crippen molar-refractivity contribution in [3.8, 4) is 5.69 Å². The van der Waals surface area contributed by atoms with Crippen LogP contribution in [0.1, 0.15) is 0 Å². The number of nitro groups is 1. The van der Waals surface area contributed by atoms with Crippen molar-refractivity contribution >= 4 is 34.7 Å². The van der Waals surface area contributed by atoms with Gasteiger partial charge in [-0.25, -0.2) is 4.99 Å². The van der Waals surface area contributed by atoms with Gasteiger partial charge in [-0.05, 0) is 46.1 Å². The Bertz CT molecular complexity index is 979. The summed E-state index contributed by atoms with van der Waals surface area (Å²) in [5.74, 6) is -0.618. The van der Waals surface area contributed by atoms with E-state index >= 15 is 0 Å². The average molecular weight is 366 g/mol. The summed E-state index contributed by atoms with van der Waals surface area (Å²) in [4.78, 5) is 16.0. The lowest BCUT2D eigenvalue weighted by atomic mass is 10.3. The molecular weight excluding hydrogens is 357 g/mol. The standard InChI is InChI=1S/C14H9Cl2N5O3/c15-9-5-7-10(8-6-9)19-18-14(21(23)24)13(20(19)22)17-12-4-2-1-3-11(12)16/h1-8,22H. The van der Waals surface area contributed by atoms with Crippen molar-refractivity contribution in [2.24, 2.45) is 4.99 Å². The molecule has 0 aliphatic heterocycles. The molecule has 0 spiro atoms. The quantitative estimate of drug-likeness (QED) is 0.437. The minimum Gasteiger partial charge on any atom is -0.409 e. The van der Waals surface area contributed by atoms with Crippen LogP contribution < -0.4 is 5.49 Å². The number of benzene rings is 2. The summed E-state index contributed by atoms with van der Waals surface area (Å²) in [7, 11) is 0. The number of para-hydroxylation sites is 1. The molecule has 0 aliphatic rings. The van der Waals surface area contributed by atoms with Gasteiger partial charge in [0.15, 0.2) is 0 Å². The fourth-order valence-electron chi connectivity index (χ4n) is 1.97. The zero-order chi connectivity index (χ0) is 17.3. The molecule has 1 aromatic heterocycles. The van der Waals surface area contributed by atoms with Crippen molar-refractivity contribution in [2.75, 3.05) is 0 Å². The molecule has 0 unspecified atom stereocenters. The molecule has 1 heterocycles. The number of hydrogen-bond donors (Lipinski definition) is 1. The predicted octanol–water partition coefficient (Wildman–Crippen LogP) is 3.36. The van der Waals surface area contributed by atoms with E-state index in [0.717, 1.165) is 4.80 Å². The van der Waals surface area contributed by atoms with Gasteiger partial charge in [-0.1, -0.05) is 40.2 Å². The van der Waals surface area contributed by atoms with Gasteiger partial charge >= 0.3 is 5.82 Å². The van der Waals surface area contributed by atoms with Gasteiger partial charge in [-0.15, -0.1) is 0 Å². The molecule has 1 N–H and O–H groups in total. The Morgan fingerprint density at radius 2 is 1.79 bits per heavy atom. The van der Waals surface area contributed by atoms with E-state index in [2.05, 4.69) is 10.1 Å². The Balaban J connectivity index is 2.25. The Morgan fingerprint density at radius 1 is 1.12 bits per heavy atom. The SMILES string of the molecule is O=[N+]([O-])c1nn(-c2ccc(Cl)cc2)n(O)c1=Nc1ccccc1Cl. The maximum absolute atomic E-state index is 11.2. The highest BCUT2D eigenvalue weighted by Crippen LogP contribution is 2.23. The number of nitrogens with zero attached hydrogens (tertiary/aromatic N) is 5. The van der Waals surface area contributed by atoms with Crippen molar-refractivity contribution in [2.45, 2.75) is 0 Å². The molecule has 3 aromatic rings. The smallest absolute Gasteiger partial charge is 0.409 e. The second-order valence-corrected chi connectivity index (χ2v) is 5.47. The van der Waals surface area contributed by atoms with Crippen LogP contribution in [0.4, 0.5) is 11.5 Å². The molecule has 2 aromatic carbocycles. The van der Waals surface area contributed by atoms with Crippen LogP contribution in [0.3, 0.4) is 0 Å². The molecule has 24 heavy (non-hydrogen) atoms. The largest absolute Gasteiger partial charge is 0.438 e. The third-order valence-electron chi connectivity index (χ3n) is 3.07. The Morgan fingerprint density at radius 3 is 2.42 bits per heavy atom. The molecule has 0 amide bonds. The van der Waals surface area contributed by atoms with Crippen molar-refractivity contribution in [1.82, 2.24) is 14.7 Å². The zero-order valence-corrected chi connectivity index (χ0v) is 13.4. The summed E-state index contributed by atoms with van der Waals surface area (Å²) in [5.41, 5.74) is 0.273. The van der Waals surface area contributed by atoms with E-state index in [1.165, 1.54) is 0 Å². The predicted molar refractivity (Wildman–Crippen MR) is 87.1 cm³/mol. The summed E-state index contributed by atoms with van der Waals surface area (Å²) >= 11 is 11.8. The number of rotatable bonds is 3. The zero-order valence-electron chi connectivity index (χ0n) is 11.9. The maximum atomic E-state index is 11.2. The van der Waals surface area contributed by atoms with Crippen LogP contribution in [0.2, 0.25) is 10.0 Å². The van der Waals surface area contributed by atoms with E-state index in [9.17, 15) is 15.3 Å². The molecule has 0 saturated carbocycles. The molecular formula is C14H9Cl2N5O3. The second kappa shape index (κ2) is 6.34. The van der Waals surface area contributed by atoms with Crippen molar-refractivity contribution in [1.29, 1.82) is 0 Å². The molecule has 3 rings (SSSR count). The normalized spacial score (nSPS) is 11.7. The van der Waals surface area contributed by atoms with Crippen LogP contribution in [0.25, 0.3) is 5.69 Å². The van der Waals surface area contributed by atoms with Gasteiger partial charge < -0.3 is 15.3 Å². The van der Waals surface area contributed by atoms with Gasteiger partial charge in [0, 0.05) is 5.02 Å². The summed E-state index contributed by atoms with van der Waals surface area (Å²) in [5, 5.41) is 26.1. The van der Waals surface area contributed by atoms with E-state index in [1.807, 2.05) is 0 Å². The molecule has 8 nitrogen and oxygen atoms in total. The molecule has 0 atom stereocenters. The summed E-state index contributed by atoms with van der Waals surface area (Å²) in [6.45, 7) is 0. The molecule has 0 saturated heterocycles. The lowest BCUT2D eigenvalue weighted by Gasteiger charge is -2.00. The minimum absolute atomic E-state index is 0.265. The van der Waals surface area contributed by atoms with Gasteiger partial charge in [-0.3, -0.25) is 0 Å². The highest BCUT2D eigenvalue weighted by atomic mass is 35.5. The molecule has 10 heteroatoms. The molecule has 122 valence electrons. The Labute approximate surface area is 144 Å². The average Bonchev–Trinajstić information content (AvgIpc) is 2.88. The lowest BCUT2D eigenvalue weighted by molar-refractivity contribution is -0.391. The van der Waals surface area contributed by atoms with Crippen LogP contribution in [-0.4, -0.2) is 24.9 Å². The van der Waals surface area contributed by atoms with Crippen LogP contribution in [0.15, 0.2) is 53.5 Å². The first-order valence-electron chi connectivity index (χ1n) is 6.58. The molecule has 0 aliphatic carbocycles. The topological polar surface area (TPSA) is 98.5 Å². The number of hydrogen-bond acceptors (Lipinski definition) is 5. The first-order chi connectivity index (χ1) is 11.5. The Kier molecular flexibility index (Phi) is 4.24. The Hall–Kier alpha value is -2.84. The van der Waals surface area contributed by atoms with Gasteiger partial charge in [0.2, 0.25) is 0 Å². The van der Waals surface area contributed by atoms with Crippen LogP contribution in [-0.2, 0) is 0 Å². The number of aromatic nitrogens is 3. The third kappa shape index (κ3) is 2.97. The van der Waals surface area contributed by atoms with Crippen LogP contribution in [0, 0.1) is 10.1 Å². The first kappa shape index (κ1) is 16.0. The van der Waals surface area contributed by atoms with E-state index in [0.29, 0.717) is 15.6 Å². The van der Waals surface area contributed by atoms with Crippen molar-refractivity contribution < 1.29 is 10.1 Å². The van der Waals surface area contributed by atoms with Gasteiger partial charge in [-0.2, -0.15) is 0 Å². The van der Waals surface area contributed by atoms with Gasteiger partial charge in [0.05, 0.1) is 15.8 Å². The number of halogens is 2. The van der Waals surface area contributed by atoms with E-state index in [4.69, 9.17) is 23.2 Å². The minimum atomic E-state index is -0.741. The van der Waals surface area contributed by atoms with E-state index in [1.54, 1.807) is 48.5 Å². The first-order valence-corrected chi connectivity index (χ1v) is 7.34. The van der Waals surface area contributed by atoms with Crippen LogP contribution >= 0.6 is 23.2 Å². The third-order valence-corrected chi connectivity index (χ3v) is 3.64.